The Morgan fingerprint density at radius 1 is 1.24 bits per heavy atom. The maximum atomic E-state index is 12.1. The van der Waals surface area contributed by atoms with Crippen molar-refractivity contribution >= 4 is 6.03 Å². The van der Waals surface area contributed by atoms with Crippen LogP contribution in [0.4, 0.5) is 4.79 Å². The molecule has 1 fully saturated rings. The van der Waals surface area contributed by atoms with E-state index in [1.165, 1.54) is 5.56 Å². The molecule has 1 aromatic rings. The van der Waals surface area contributed by atoms with Gasteiger partial charge in [0.1, 0.15) is 0 Å². The van der Waals surface area contributed by atoms with Crippen LogP contribution in [0.1, 0.15) is 58.4 Å². The topological polar surface area (TPSA) is 50.4 Å². The van der Waals surface area contributed by atoms with Crippen molar-refractivity contribution in [1.29, 1.82) is 0 Å². The van der Waals surface area contributed by atoms with Gasteiger partial charge in [0.25, 0.3) is 0 Å². The molecule has 1 heterocycles. The maximum Gasteiger partial charge on any atom is 0.314 e. The normalized spacial score (nSPS) is 22.2. The molecule has 0 aliphatic carbocycles. The van der Waals surface area contributed by atoms with Crippen LogP contribution in [-0.2, 0) is 4.74 Å². The molecule has 2 N–H and O–H groups in total. The molecular formula is C21H34N2O2. The van der Waals surface area contributed by atoms with E-state index in [-0.39, 0.29) is 17.6 Å². The summed E-state index contributed by atoms with van der Waals surface area (Å²) in [5.41, 5.74) is 1.42. The molecule has 2 amide bonds. The van der Waals surface area contributed by atoms with Gasteiger partial charge in [-0.05, 0) is 36.2 Å². The molecule has 0 bridgehead atoms. The lowest BCUT2D eigenvalue weighted by atomic mass is 9.78. The highest BCUT2D eigenvalue weighted by atomic mass is 16.5. The lowest BCUT2D eigenvalue weighted by Gasteiger charge is -2.40. The van der Waals surface area contributed by atoms with Crippen LogP contribution in [0.3, 0.4) is 0 Å². The molecule has 0 aromatic heterocycles. The van der Waals surface area contributed by atoms with E-state index in [0.717, 1.165) is 25.9 Å². The average Bonchev–Trinajstić information content (AvgIpc) is 2.60. The largest absolute Gasteiger partial charge is 0.377 e. The van der Waals surface area contributed by atoms with Gasteiger partial charge in [0.05, 0.1) is 6.10 Å². The molecule has 3 atom stereocenters. The summed E-state index contributed by atoms with van der Waals surface area (Å²) in [4.78, 5) is 12.1. The van der Waals surface area contributed by atoms with E-state index in [0.29, 0.717) is 24.9 Å². The Morgan fingerprint density at radius 2 is 1.96 bits per heavy atom. The van der Waals surface area contributed by atoms with Crippen LogP contribution in [0, 0.1) is 11.3 Å². The lowest BCUT2D eigenvalue weighted by Crippen LogP contribution is -2.47. The van der Waals surface area contributed by atoms with E-state index >= 15 is 0 Å². The van der Waals surface area contributed by atoms with Crippen molar-refractivity contribution in [3.8, 4) is 0 Å². The second-order valence-corrected chi connectivity index (χ2v) is 8.30. The number of hydrogen-bond donors (Lipinski definition) is 2. The summed E-state index contributed by atoms with van der Waals surface area (Å²) in [6.07, 6.45) is 3.34. The Balaban J connectivity index is 1.69. The van der Waals surface area contributed by atoms with Crippen LogP contribution in [0.5, 0.6) is 0 Å². The van der Waals surface area contributed by atoms with Crippen LogP contribution in [-0.4, -0.2) is 31.8 Å². The minimum absolute atomic E-state index is 0.0708. The molecule has 140 valence electrons. The minimum atomic E-state index is -0.0708. The zero-order valence-electron chi connectivity index (χ0n) is 16.2. The first-order valence-corrected chi connectivity index (χ1v) is 9.56. The Labute approximate surface area is 152 Å². The van der Waals surface area contributed by atoms with E-state index < -0.39 is 0 Å². The number of rotatable bonds is 6. The van der Waals surface area contributed by atoms with E-state index in [1.54, 1.807) is 0 Å². The number of nitrogens with one attached hydrogen (secondary N) is 2. The quantitative estimate of drug-likeness (QED) is 0.806. The van der Waals surface area contributed by atoms with Gasteiger partial charge < -0.3 is 15.4 Å². The number of hydrogen-bond acceptors (Lipinski definition) is 2. The molecule has 4 heteroatoms. The molecule has 0 spiro atoms. The summed E-state index contributed by atoms with van der Waals surface area (Å²) in [6, 6.07) is 10.4. The summed E-state index contributed by atoms with van der Waals surface area (Å²) in [5, 5.41) is 6.02. The summed E-state index contributed by atoms with van der Waals surface area (Å²) < 4.78 is 5.98. The third-order valence-electron chi connectivity index (χ3n) is 5.05. The van der Waals surface area contributed by atoms with Crippen LogP contribution in [0.2, 0.25) is 0 Å². The highest BCUT2D eigenvalue weighted by Gasteiger charge is 2.35. The van der Waals surface area contributed by atoms with Crippen molar-refractivity contribution in [1.82, 2.24) is 10.6 Å². The van der Waals surface area contributed by atoms with Gasteiger partial charge in [0.15, 0.2) is 0 Å². The fourth-order valence-corrected chi connectivity index (χ4v) is 3.65. The van der Waals surface area contributed by atoms with Crippen molar-refractivity contribution < 1.29 is 9.53 Å². The van der Waals surface area contributed by atoms with Crippen molar-refractivity contribution in [2.45, 2.75) is 59.0 Å². The highest BCUT2D eigenvalue weighted by Crippen LogP contribution is 2.33. The van der Waals surface area contributed by atoms with Gasteiger partial charge in [-0.25, -0.2) is 4.79 Å². The number of benzene rings is 1. The molecule has 0 radical (unpaired) electrons. The van der Waals surface area contributed by atoms with Crippen molar-refractivity contribution in [2.75, 3.05) is 19.7 Å². The first-order chi connectivity index (χ1) is 11.9. The van der Waals surface area contributed by atoms with Crippen molar-refractivity contribution in [3.63, 3.8) is 0 Å². The minimum Gasteiger partial charge on any atom is -0.377 e. The van der Waals surface area contributed by atoms with Gasteiger partial charge in [-0.15, -0.1) is 0 Å². The number of amides is 2. The number of ether oxygens (including phenoxy) is 1. The molecule has 2 rings (SSSR count). The standard InChI is InChI=1S/C21H34N2O2/c1-16(17-9-6-5-7-10-17)12-13-22-20(24)23-15-18-11-8-14-25-19(18)21(2,3)4/h5-7,9-10,16,18-19H,8,11-15H2,1-4H3,(H2,22,23,24). The van der Waals surface area contributed by atoms with Crippen molar-refractivity contribution in [2.24, 2.45) is 11.3 Å². The molecule has 1 aromatic carbocycles. The Bertz CT molecular complexity index is 524. The third kappa shape index (κ3) is 6.35. The number of carbonyl (C=O) groups is 1. The fourth-order valence-electron chi connectivity index (χ4n) is 3.65. The summed E-state index contributed by atoms with van der Waals surface area (Å²) in [6.45, 7) is 11.0. The van der Waals surface area contributed by atoms with Gasteiger partial charge in [-0.1, -0.05) is 58.0 Å². The summed E-state index contributed by atoms with van der Waals surface area (Å²) in [5.74, 6) is 0.834. The van der Waals surface area contributed by atoms with Gasteiger partial charge >= 0.3 is 6.03 Å². The second kappa shape index (κ2) is 9.23. The smallest absolute Gasteiger partial charge is 0.314 e. The van der Waals surface area contributed by atoms with Gasteiger partial charge in [-0.2, -0.15) is 0 Å². The lowest BCUT2D eigenvalue weighted by molar-refractivity contribution is -0.0837. The highest BCUT2D eigenvalue weighted by molar-refractivity contribution is 5.73. The molecule has 25 heavy (non-hydrogen) atoms. The number of carbonyl (C=O) groups excluding carboxylic acids is 1. The molecule has 1 aliphatic heterocycles. The zero-order chi connectivity index (χ0) is 18.3. The molecule has 3 unspecified atom stereocenters. The Hall–Kier alpha value is -1.55. The van der Waals surface area contributed by atoms with Crippen LogP contribution in [0.15, 0.2) is 30.3 Å². The van der Waals surface area contributed by atoms with Gasteiger partial charge in [0, 0.05) is 25.6 Å². The number of urea groups is 1. The molecule has 1 saturated heterocycles. The molecule has 0 saturated carbocycles. The third-order valence-corrected chi connectivity index (χ3v) is 5.05. The van der Waals surface area contributed by atoms with E-state index in [9.17, 15) is 4.79 Å². The molecule has 4 nitrogen and oxygen atoms in total. The molecule has 1 aliphatic rings. The summed E-state index contributed by atoms with van der Waals surface area (Å²) >= 11 is 0. The zero-order valence-corrected chi connectivity index (χ0v) is 16.2. The van der Waals surface area contributed by atoms with Gasteiger partial charge in [0.2, 0.25) is 0 Å². The Kier molecular flexibility index (Phi) is 7.30. The predicted molar refractivity (Wildman–Crippen MR) is 103 cm³/mol. The SMILES string of the molecule is CC(CCNC(=O)NCC1CCCOC1C(C)(C)C)c1ccccc1. The first kappa shape index (κ1) is 19.8. The Morgan fingerprint density at radius 3 is 2.64 bits per heavy atom. The fraction of sp³-hybridized carbons (Fsp3) is 0.667. The molecular weight excluding hydrogens is 312 g/mol. The van der Waals surface area contributed by atoms with Crippen LogP contribution in [0.25, 0.3) is 0 Å². The second-order valence-electron chi connectivity index (χ2n) is 8.30. The van der Waals surface area contributed by atoms with E-state index in [4.69, 9.17) is 4.74 Å². The maximum absolute atomic E-state index is 12.1. The average molecular weight is 347 g/mol. The van der Waals surface area contributed by atoms with Crippen LogP contribution < -0.4 is 10.6 Å². The first-order valence-electron chi connectivity index (χ1n) is 9.56. The van der Waals surface area contributed by atoms with E-state index in [1.807, 2.05) is 6.07 Å². The monoisotopic (exact) mass is 346 g/mol. The van der Waals surface area contributed by atoms with Crippen LogP contribution >= 0.6 is 0 Å². The van der Waals surface area contributed by atoms with E-state index in [2.05, 4.69) is 62.6 Å². The van der Waals surface area contributed by atoms with Gasteiger partial charge in [-0.3, -0.25) is 0 Å². The summed E-state index contributed by atoms with van der Waals surface area (Å²) in [7, 11) is 0. The predicted octanol–water partition coefficient (Wildman–Crippen LogP) is 4.32. The van der Waals surface area contributed by atoms with Crippen molar-refractivity contribution in [3.05, 3.63) is 35.9 Å².